The summed E-state index contributed by atoms with van der Waals surface area (Å²) in [5, 5.41) is 8.80. The van der Waals surface area contributed by atoms with E-state index in [4.69, 9.17) is 5.11 Å². The molecule has 0 heterocycles. The van der Waals surface area contributed by atoms with Crippen LogP contribution in [0.5, 0.6) is 0 Å². The lowest BCUT2D eigenvalue weighted by atomic mass is 10.0. The molecular formula is C13H19NO4S. The summed E-state index contributed by atoms with van der Waals surface area (Å²) in [6.45, 7) is 5.09. The molecule has 0 aliphatic carbocycles. The number of carbonyl (C=O) groups is 1. The summed E-state index contributed by atoms with van der Waals surface area (Å²) in [5.41, 5.74) is 0.978. The second kappa shape index (κ2) is 6.16. The maximum atomic E-state index is 12.0. The monoisotopic (exact) mass is 285 g/mol. The van der Waals surface area contributed by atoms with Crippen LogP contribution in [-0.4, -0.2) is 25.5 Å². The average molecular weight is 285 g/mol. The van der Waals surface area contributed by atoms with Gasteiger partial charge in [0.15, 0.2) is 0 Å². The van der Waals surface area contributed by atoms with E-state index >= 15 is 0 Å². The molecule has 106 valence electrons. The fourth-order valence-electron chi connectivity index (χ4n) is 1.73. The first kappa shape index (κ1) is 15.7. The summed E-state index contributed by atoms with van der Waals surface area (Å²) < 4.78 is 26.6. The highest BCUT2D eigenvalue weighted by atomic mass is 32.2. The number of nitrogens with one attached hydrogen (secondary N) is 1. The predicted octanol–water partition coefficient (Wildman–Crippen LogP) is 1.77. The van der Waals surface area contributed by atoms with E-state index in [1.165, 1.54) is 12.1 Å². The van der Waals surface area contributed by atoms with Crippen molar-refractivity contribution in [2.45, 2.75) is 38.1 Å². The maximum absolute atomic E-state index is 12.0. The van der Waals surface area contributed by atoms with Crippen molar-refractivity contribution in [3.8, 4) is 0 Å². The van der Waals surface area contributed by atoms with Crippen molar-refractivity contribution in [2.75, 3.05) is 0 Å². The van der Waals surface area contributed by atoms with Gasteiger partial charge in [-0.1, -0.05) is 24.6 Å². The summed E-state index contributed by atoms with van der Waals surface area (Å²) in [4.78, 5) is 10.9. The smallest absolute Gasteiger partial charge is 0.306 e. The van der Waals surface area contributed by atoms with Crippen molar-refractivity contribution in [3.63, 3.8) is 0 Å². The zero-order chi connectivity index (χ0) is 14.6. The molecule has 0 spiro atoms. The van der Waals surface area contributed by atoms with Crippen LogP contribution in [-0.2, 0) is 14.8 Å². The van der Waals surface area contributed by atoms with Gasteiger partial charge in [-0.25, -0.2) is 13.1 Å². The highest BCUT2D eigenvalue weighted by Crippen LogP contribution is 2.13. The van der Waals surface area contributed by atoms with Gasteiger partial charge in [0, 0.05) is 6.04 Å². The van der Waals surface area contributed by atoms with Gasteiger partial charge in [0.2, 0.25) is 10.0 Å². The highest BCUT2D eigenvalue weighted by Gasteiger charge is 2.21. The Morgan fingerprint density at radius 1 is 1.26 bits per heavy atom. The molecule has 0 aromatic heterocycles. The zero-order valence-corrected chi connectivity index (χ0v) is 12.1. The van der Waals surface area contributed by atoms with Crippen LogP contribution in [0.25, 0.3) is 0 Å². The summed E-state index contributed by atoms with van der Waals surface area (Å²) in [6.07, 6.45) is 0.250. The molecule has 1 aromatic rings. The minimum Gasteiger partial charge on any atom is -0.481 e. The Labute approximate surface area is 113 Å². The van der Waals surface area contributed by atoms with Crippen molar-refractivity contribution in [2.24, 2.45) is 5.92 Å². The third-order valence-corrected chi connectivity index (χ3v) is 4.42. The fraction of sp³-hybridized carbons (Fsp3) is 0.462. The highest BCUT2D eigenvalue weighted by molar-refractivity contribution is 7.89. The van der Waals surface area contributed by atoms with Crippen molar-refractivity contribution in [1.29, 1.82) is 0 Å². The van der Waals surface area contributed by atoms with Gasteiger partial charge >= 0.3 is 5.97 Å². The molecule has 5 nitrogen and oxygen atoms in total. The number of hydrogen-bond donors (Lipinski definition) is 2. The van der Waals surface area contributed by atoms with E-state index in [1.807, 2.05) is 6.92 Å². The van der Waals surface area contributed by atoms with E-state index < -0.39 is 28.0 Å². The predicted molar refractivity (Wildman–Crippen MR) is 72.4 cm³/mol. The topological polar surface area (TPSA) is 83.5 Å². The maximum Gasteiger partial charge on any atom is 0.306 e. The van der Waals surface area contributed by atoms with Crippen LogP contribution in [0.2, 0.25) is 0 Å². The SMILES string of the molecule is Cc1ccc(S(=O)(=O)N[C@@H](C)C[C@H](C)C(=O)O)cc1. The number of benzene rings is 1. The van der Waals surface area contributed by atoms with Crippen LogP contribution in [0.4, 0.5) is 0 Å². The Hall–Kier alpha value is -1.40. The van der Waals surface area contributed by atoms with E-state index in [2.05, 4.69) is 4.72 Å². The first-order valence-corrected chi connectivity index (χ1v) is 7.52. The molecule has 0 bridgehead atoms. The molecule has 0 aliphatic rings. The van der Waals surface area contributed by atoms with Gasteiger partial charge in [-0.2, -0.15) is 0 Å². The second-order valence-electron chi connectivity index (χ2n) is 4.81. The minimum atomic E-state index is -3.59. The number of aryl methyl sites for hydroxylation is 1. The van der Waals surface area contributed by atoms with E-state index in [1.54, 1.807) is 26.0 Å². The molecule has 2 N–H and O–H groups in total. The first-order chi connectivity index (χ1) is 8.72. The summed E-state index contributed by atoms with van der Waals surface area (Å²) >= 11 is 0. The lowest BCUT2D eigenvalue weighted by Crippen LogP contribution is -2.34. The van der Waals surface area contributed by atoms with Crippen LogP contribution in [0.1, 0.15) is 25.8 Å². The molecule has 0 aliphatic heterocycles. The lowest BCUT2D eigenvalue weighted by Gasteiger charge is -2.16. The van der Waals surface area contributed by atoms with Crippen LogP contribution in [0.15, 0.2) is 29.2 Å². The molecular weight excluding hydrogens is 266 g/mol. The van der Waals surface area contributed by atoms with Crippen LogP contribution in [0, 0.1) is 12.8 Å². The Morgan fingerprint density at radius 3 is 2.26 bits per heavy atom. The summed E-state index contributed by atoms with van der Waals surface area (Å²) in [6, 6.07) is 6.08. The van der Waals surface area contributed by atoms with Crippen LogP contribution < -0.4 is 4.72 Å². The quantitative estimate of drug-likeness (QED) is 0.834. The van der Waals surface area contributed by atoms with Crippen molar-refractivity contribution in [3.05, 3.63) is 29.8 Å². The molecule has 1 aromatic carbocycles. The molecule has 1 rings (SSSR count). The van der Waals surface area contributed by atoms with Crippen molar-refractivity contribution in [1.82, 2.24) is 4.72 Å². The summed E-state index contributed by atoms with van der Waals surface area (Å²) in [5.74, 6) is -1.52. The molecule has 19 heavy (non-hydrogen) atoms. The first-order valence-electron chi connectivity index (χ1n) is 6.04. The molecule has 0 unspecified atom stereocenters. The van der Waals surface area contributed by atoms with E-state index in [0.29, 0.717) is 0 Å². The summed E-state index contributed by atoms with van der Waals surface area (Å²) in [7, 11) is -3.59. The Bertz CT molecular complexity index is 536. The Balaban J connectivity index is 2.74. The molecule has 0 amide bonds. The molecule has 0 saturated carbocycles. The average Bonchev–Trinajstić information content (AvgIpc) is 2.28. The Kier molecular flexibility index (Phi) is 5.08. The largest absolute Gasteiger partial charge is 0.481 e. The molecule has 0 radical (unpaired) electrons. The van der Waals surface area contributed by atoms with Gasteiger partial charge in [0.1, 0.15) is 0 Å². The normalized spacial score (nSPS) is 14.9. The second-order valence-corrected chi connectivity index (χ2v) is 6.52. The number of carboxylic acid groups (broad SMARTS) is 1. The van der Waals surface area contributed by atoms with Gasteiger partial charge in [-0.3, -0.25) is 4.79 Å². The standard InChI is InChI=1S/C13H19NO4S/c1-9-4-6-12(7-5-9)19(17,18)14-11(3)8-10(2)13(15)16/h4-7,10-11,14H,8H2,1-3H3,(H,15,16)/t10-,11-/m0/s1. The molecule has 0 saturated heterocycles. The number of aliphatic carboxylic acids is 1. The van der Waals surface area contributed by atoms with Crippen LogP contribution >= 0.6 is 0 Å². The molecule has 2 atom stereocenters. The number of rotatable bonds is 6. The Morgan fingerprint density at radius 2 is 1.79 bits per heavy atom. The van der Waals surface area contributed by atoms with Gasteiger partial charge in [0.05, 0.1) is 10.8 Å². The third kappa shape index (κ3) is 4.65. The third-order valence-electron chi connectivity index (χ3n) is 2.82. The van der Waals surface area contributed by atoms with Gasteiger partial charge in [-0.05, 0) is 32.4 Å². The molecule has 6 heteroatoms. The van der Waals surface area contributed by atoms with Crippen molar-refractivity contribution < 1.29 is 18.3 Å². The number of hydrogen-bond acceptors (Lipinski definition) is 3. The van der Waals surface area contributed by atoms with Crippen LogP contribution in [0.3, 0.4) is 0 Å². The van der Waals surface area contributed by atoms with E-state index in [9.17, 15) is 13.2 Å². The number of sulfonamides is 1. The minimum absolute atomic E-state index is 0.188. The van der Waals surface area contributed by atoms with Gasteiger partial charge < -0.3 is 5.11 Å². The zero-order valence-electron chi connectivity index (χ0n) is 11.3. The van der Waals surface area contributed by atoms with Gasteiger partial charge in [-0.15, -0.1) is 0 Å². The van der Waals surface area contributed by atoms with Gasteiger partial charge in [0.25, 0.3) is 0 Å². The van der Waals surface area contributed by atoms with Crippen molar-refractivity contribution >= 4 is 16.0 Å². The number of carboxylic acids is 1. The fourth-order valence-corrected chi connectivity index (χ4v) is 2.99. The van der Waals surface area contributed by atoms with E-state index in [0.717, 1.165) is 5.56 Å². The van der Waals surface area contributed by atoms with E-state index in [-0.39, 0.29) is 11.3 Å². The lowest BCUT2D eigenvalue weighted by molar-refractivity contribution is -0.141. The molecule has 0 fully saturated rings.